The fourth-order valence-electron chi connectivity index (χ4n) is 2.67. The second-order valence-corrected chi connectivity index (χ2v) is 5.55. The Labute approximate surface area is 138 Å². The minimum absolute atomic E-state index is 0.222. The van der Waals surface area contributed by atoms with E-state index in [9.17, 15) is 4.79 Å². The third-order valence-electron chi connectivity index (χ3n) is 3.91. The number of esters is 1. The van der Waals surface area contributed by atoms with E-state index in [0.29, 0.717) is 5.56 Å². The first kappa shape index (κ1) is 17.0. The van der Waals surface area contributed by atoms with Gasteiger partial charge in [-0.05, 0) is 36.7 Å². The summed E-state index contributed by atoms with van der Waals surface area (Å²) in [4.78, 5) is 13.8. The summed E-state index contributed by atoms with van der Waals surface area (Å²) in [6.45, 7) is 4.73. The molecule has 3 nitrogen and oxygen atoms in total. The molecule has 0 bridgehead atoms. The van der Waals surface area contributed by atoms with Crippen LogP contribution in [0.2, 0.25) is 0 Å². The van der Waals surface area contributed by atoms with Crippen LogP contribution >= 0.6 is 0 Å². The minimum atomic E-state index is -0.311. The van der Waals surface area contributed by atoms with Crippen molar-refractivity contribution in [1.82, 2.24) is 4.90 Å². The van der Waals surface area contributed by atoms with Crippen LogP contribution in [0.3, 0.4) is 0 Å². The lowest BCUT2D eigenvalue weighted by molar-refractivity contribution is 0.0600. The number of hydrogen-bond donors (Lipinski definition) is 0. The van der Waals surface area contributed by atoms with E-state index in [1.54, 1.807) is 0 Å². The van der Waals surface area contributed by atoms with Crippen molar-refractivity contribution in [2.45, 2.75) is 19.0 Å². The molecule has 2 rings (SSSR count). The predicted octanol–water partition coefficient (Wildman–Crippen LogP) is 4.22. The van der Waals surface area contributed by atoms with E-state index in [4.69, 9.17) is 4.74 Å². The van der Waals surface area contributed by atoms with E-state index in [-0.39, 0.29) is 12.0 Å². The first-order valence-corrected chi connectivity index (χ1v) is 7.69. The van der Waals surface area contributed by atoms with Gasteiger partial charge in [-0.3, -0.25) is 4.90 Å². The van der Waals surface area contributed by atoms with E-state index in [0.717, 1.165) is 18.5 Å². The van der Waals surface area contributed by atoms with Gasteiger partial charge in [-0.25, -0.2) is 4.79 Å². The molecule has 0 aromatic heterocycles. The minimum Gasteiger partial charge on any atom is -0.465 e. The summed E-state index contributed by atoms with van der Waals surface area (Å²) < 4.78 is 4.75. The largest absolute Gasteiger partial charge is 0.465 e. The Morgan fingerprint density at radius 1 is 1.17 bits per heavy atom. The molecule has 1 atom stereocenters. The molecule has 2 aromatic rings. The van der Waals surface area contributed by atoms with E-state index in [2.05, 4.69) is 42.8 Å². The van der Waals surface area contributed by atoms with Gasteiger partial charge in [-0.15, -0.1) is 6.58 Å². The highest BCUT2D eigenvalue weighted by molar-refractivity contribution is 5.89. The zero-order valence-corrected chi connectivity index (χ0v) is 13.7. The standard InChI is InChI=1S/C20H23NO2/c1-4-8-19(21(2)15-16-9-6-5-7-10-16)17-11-13-18(14-12-17)20(22)23-3/h4-7,9-14,19H,1,8,15H2,2-3H3. The summed E-state index contributed by atoms with van der Waals surface area (Å²) in [5.74, 6) is -0.311. The molecule has 0 aliphatic heterocycles. The number of rotatable bonds is 7. The van der Waals surface area contributed by atoms with Crippen LogP contribution in [0.4, 0.5) is 0 Å². The van der Waals surface area contributed by atoms with Crippen molar-refractivity contribution in [1.29, 1.82) is 0 Å². The lowest BCUT2D eigenvalue weighted by atomic mass is 10.00. The molecule has 0 amide bonds. The predicted molar refractivity (Wildman–Crippen MR) is 93.2 cm³/mol. The van der Waals surface area contributed by atoms with Crippen molar-refractivity contribution < 1.29 is 9.53 Å². The number of benzene rings is 2. The molecular weight excluding hydrogens is 286 g/mol. The summed E-state index contributed by atoms with van der Waals surface area (Å²) >= 11 is 0. The Morgan fingerprint density at radius 2 is 1.83 bits per heavy atom. The molecule has 0 fully saturated rings. The van der Waals surface area contributed by atoms with Crippen LogP contribution in [0.5, 0.6) is 0 Å². The van der Waals surface area contributed by atoms with E-state index in [1.807, 2.05) is 36.4 Å². The topological polar surface area (TPSA) is 29.5 Å². The Bertz CT molecular complexity index is 634. The summed E-state index contributed by atoms with van der Waals surface area (Å²) in [7, 11) is 3.50. The fourth-order valence-corrected chi connectivity index (χ4v) is 2.67. The monoisotopic (exact) mass is 309 g/mol. The Kier molecular flexibility index (Phi) is 6.12. The van der Waals surface area contributed by atoms with Crippen molar-refractivity contribution in [3.05, 3.63) is 83.9 Å². The van der Waals surface area contributed by atoms with Gasteiger partial charge in [-0.1, -0.05) is 48.5 Å². The van der Waals surface area contributed by atoms with Gasteiger partial charge in [-0.2, -0.15) is 0 Å². The molecule has 3 heteroatoms. The van der Waals surface area contributed by atoms with Gasteiger partial charge in [0.05, 0.1) is 12.7 Å². The van der Waals surface area contributed by atoms with Crippen LogP contribution in [-0.4, -0.2) is 25.0 Å². The van der Waals surface area contributed by atoms with Crippen molar-refractivity contribution in [2.24, 2.45) is 0 Å². The zero-order chi connectivity index (χ0) is 16.7. The van der Waals surface area contributed by atoms with Gasteiger partial charge in [0.2, 0.25) is 0 Å². The van der Waals surface area contributed by atoms with Crippen LogP contribution < -0.4 is 0 Å². The first-order valence-electron chi connectivity index (χ1n) is 7.69. The molecule has 0 N–H and O–H groups in total. The SMILES string of the molecule is C=CCC(c1ccc(C(=O)OC)cc1)N(C)Cc1ccccc1. The summed E-state index contributed by atoms with van der Waals surface area (Å²) in [5.41, 5.74) is 3.01. The maximum Gasteiger partial charge on any atom is 0.337 e. The molecule has 1 unspecified atom stereocenters. The molecule has 0 heterocycles. The number of hydrogen-bond acceptors (Lipinski definition) is 3. The number of carbonyl (C=O) groups excluding carboxylic acids is 1. The van der Waals surface area contributed by atoms with Crippen molar-refractivity contribution >= 4 is 5.97 Å². The molecule has 2 aromatic carbocycles. The lowest BCUT2D eigenvalue weighted by Crippen LogP contribution is -2.24. The smallest absolute Gasteiger partial charge is 0.337 e. The maximum atomic E-state index is 11.5. The van der Waals surface area contributed by atoms with Crippen molar-refractivity contribution in [3.63, 3.8) is 0 Å². The highest BCUT2D eigenvalue weighted by Gasteiger charge is 2.16. The van der Waals surface area contributed by atoms with Crippen LogP contribution in [0.25, 0.3) is 0 Å². The number of carbonyl (C=O) groups is 1. The quantitative estimate of drug-likeness (QED) is 0.566. The van der Waals surface area contributed by atoms with Gasteiger partial charge < -0.3 is 4.74 Å². The molecule has 0 aliphatic carbocycles. The molecular formula is C20H23NO2. The van der Waals surface area contributed by atoms with Crippen LogP contribution in [0, 0.1) is 0 Å². The van der Waals surface area contributed by atoms with Crippen LogP contribution in [0.1, 0.15) is 33.9 Å². The molecule has 23 heavy (non-hydrogen) atoms. The number of ether oxygens (including phenoxy) is 1. The maximum absolute atomic E-state index is 11.5. The molecule has 0 saturated heterocycles. The fraction of sp³-hybridized carbons (Fsp3) is 0.250. The third-order valence-corrected chi connectivity index (χ3v) is 3.91. The van der Waals surface area contributed by atoms with E-state index in [1.165, 1.54) is 12.7 Å². The lowest BCUT2D eigenvalue weighted by Gasteiger charge is -2.28. The van der Waals surface area contributed by atoms with E-state index < -0.39 is 0 Å². The van der Waals surface area contributed by atoms with Gasteiger partial charge >= 0.3 is 5.97 Å². The van der Waals surface area contributed by atoms with Gasteiger partial charge in [0, 0.05) is 12.6 Å². The van der Waals surface area contributed by atoms with E-state index >= 15 is 0 Å². The Morgan fingerprint density at radius 3 is 2.39 bits per heavy atom. The number of nitrogens with zero attached hydrogens (tertiary/aromatic N) is 1. The normalized spacial score (nSPS) is 12.0. The van der Waals surface area contributed by atoms with Crippen molar-refractivity contribution in [3.8, 4) is 0 Å². The highest BCUT2D eigenvalue weighted by Crippen LogP contribution is 2.25. The second kappa shape index (κ2) is 8.30. The highest BCUT2D eigenvalue weighted by atomic mass is 16.5. The summed E-state index contributed by atoms with van der Waals surface area (Å²) in [6, 6.07) is 18.2. The van der Waals surface area contributed by atoms with Crippen molar-refractivity contribution in [2.75, 3.05) is 14.2 Å². The number of methoxy groups -OCH3 is 1. The molecule has 0 radical (unpaired) electrons. The molecule has 0 aliphatic rings. The average molecular weight is 309 g/mol. The third kappa shape index (κ3) is 4.54. The molecule has 0 saturated carbocycles. The zero-order valence-electron chi connectivity index (χ0n) is 13.7. The van der Waals surface area contributed by atoms with Crippen LogP contribution in [-0.2, 0) is 11.3 Å². The van der Waals surface area contributed by atoms with Gasteiger partial charge in [0.15, 0.2) is 0 Å². The Balaban J connectivity index is 2.16. The van der Waals surface area contributed by atoms with Gasteiger partial charge in [0.1, 0.15) is 0 Å². The van der Waals surface area contributed by atoms with Crippen LogP contribution in [0.15, 0.2) is 67.3 Å². The summed E-state index contributed by atoms with van der Waals surface area (Å²) in [5, 5.41) is 0. The molecule has 0 spiro atoms. The van der Waals surface area contributed by atoms with Gasteiger partial charge in [0.25, 0.3) is 0 Å². The molecule has 120 valence electrons. The second-order valence-electron chi connectivity index (χ2n) is 5.55. The first-order chi connectivity index (χ1) is 11.2. The Hall–Kier alpha value is -2.39. The average Bonchev–Trinajstić information content (AvgIpc) is 2.60. The summed E-state index contributed by atoms with van der Waals surface area (Å²) in [6.07, 6.45) is 2.78.